The van der Waals surface area contributed by atoms with E-state index in [1.165, 1.54) is 7.11 Å². The number of ether oxygens (including phenoxy) is 4. The van der Waals surface area contributed by atoms with Crippen LogP contribution in [0.25, 0.3) is 0 Å². The Hall–Kier alpha value is -0.240. The maximum atomic E-state index is 9.80. The molecule has 2 saturated heterocycles. The van der Waals surface area contributed by atoms with Crippen LogP contribution in [0, 0.1) is 0 Å². The van der Waals surface area contributed by atoms with E-state index in [2.05, 4.69) is 0 Å². The van der Waals surface area contributed by atoms with E-state index in [9.17, 15) is 10.2 Å². The first kappa shape index (κ1) is 11.3. The predicted molar refractivity (Wildman–Crippen MR) is 48.0 cm³/mol. The number of hydrogen-bond acceptors (Lipinski definition) is 6. The summed E-state index contributed by atoms with van der Waals surface area (Å²) < 4.78 is 20.9. The molecule has 1 unspecified atom stereocenters. The zero-order chi connectivity index (χ0) is 11.0. The number of aliphatic hydroxyl groups is 2. The van der Waals surface area contributed by atoms with Crippen molar-refractivity contribution in [3.63, 3.8) is 0 Å². The Morgan fingerprint density at radius 1 is 1.20 bits per heavy atom. The van der Waals surface area contributed by atoms with Gasteiger partial charge in [0.2, 0.25) is 0 Å². The average Bonchev–Trinajstić information content (AvgIpc) is 2.24. The van der Waals surface area contributed by atoms with Gasteiger partial charge in [0.25, 0.3) is 0 Å². The van der Waals surface area contributed by atoms with Gasteiger partial charge in [0.1, 0.15) is 24.4 Å². The first-order valence-electron chi connectivity index (χ1n) is 4.95. The Morgan fingerprint density at radius 2 is 1.93 bits per heavy atom. The Morgan fingerprint density at radius 3 is 2.60 bits per heavy atom. The molecule has 2 aliphatic heterocycles. The lowest BCUT2D eigenvalue weighted by Crippen LogP contribution is -2.62. The largest absolute Gasteiger partial charge is 0.387 e. The SMILES string of the molecule is CO[C@H]1O[C@@H]2COC(C)O[C@@H]2[C@H](O)[C@H]1O. The molecule has 0 aromatic rings. The quantitative estimate of drug-likeness (QED) is 0.580. The first-order valence-corrected chi connectivity index (χ1v) is 4.95. The summed E-state index contributed by atoms with van der Waals surface area (Å²) in [5.74, 6) is 0. The maximum absolute atomic E-state index is 9.80. The number of aliphatic hydroxyl groups excluding tert-OH is 2. The summed E-state index contributed by atoms with van der Waals surface area (Å²) in [7, 11) is 1.41. The van der Waals surface area contributed by atoms with Crippen molar-refractivity contribution in [2.24, 2.45) is 0 Å². The van der Waals surface area contributed by atoms with Crippen LogP contribution >= 0.6 is 0 Å². The molecule has 2 N–H and O–H groups in total. The van der Waals surface area contributed by atoms with Crippen LogP contribution in [-0.2, 0) is 18.9 Å². The molecule has 0 saturated carbocycles. The smallest absolute Gasteiger partial charge is 0.186 e. The predicted octanol–water partition coefficient (Wildman–Crippen LogP) is -1.16. The molecule has 6 heteroatoms. The average molecular weight is 220 g/mol. The van der Waals surface area contributed by atoms with Gasteiger partial charge in [0.05, 0.1) is 6.61 Å². The maximum Gasteiger partial charge on any atom is 0.186 e. The van der Waals surface area contributed by atoms with Crippen molar-refractivity contribution in [3.05, 3.63) is 0 Å². The summed E-state index contributed by atoms with van der Waals surface area (Å²) >= 11 is 0. The van der Waals surface area contributed by atoms with E-state index in [1.54, 1.807) is 6.92 Å². The fourth-order valence-corrected chi connectivity index (χ4v) is 1.89. The Kier molecular flexibility index (Phi) is 3.24. The Labute approximate surface area is 87.7 Å². The second kappa shape index (κ2) is 4.32. The Balaban J connectivity index is 2.07. The van der Waals surface area contributed by atoms with Crippen molar-refractivity contribution in [2.45, 2.75) is 43.9 Å². The standard InChI is InChI=1S/C9H16O6/c1-4-13-3-5-8(14-4)6(10)7(11)9(12-2)15-5/h4-11H,3H2,1-2H3/t4?,5-,6-,7-,8+,9+/m1/s1. The molecule has 0 aromatic carbocycles. The van der Waals surface area contributed by atoms with Crippen molar-refractivity contribution in [1.82, 2.24) is 0 Å². The van der Waals surface area contributed by atoms with Crippen LogP contribution in [0.3, 0.4) is 0 Å². The molecule has 6 atom stereocenters. The minimum absolute atomic E-state index is 0.329. The van der Waals surface area contributed by atoms with Crippen LogP contribution in [-0.4, -0.2) is 60.9 Å². The van der Waals surface area contributed by atoms with E-state index in [-0.39, 0.29) is 0 Å². The fraction of sp³-hybridized carbons (Fsp3) is 1.00. The van der Waals surface area contributed by atoms with Crippen molar-refractivity contribution in [1.29, 1.82) is 0 Å². The van der Waals surface area contributed by atoms with Crippen LogP contribution in [0.4, 0.5) is 0 Å². The lowest BCUT2D eigenvalue weighted by atomic mass is 9.98. The summed E-state index contributed by atoms with van der Waals surface area (Å²) in [4.78, 5) is 0. The summed E-state index contributed by atoms with van der Waals surface area (Å²) in [6.45, 7) is 2.06. The third-order valence-corrected chi connectivity index (χ3v) is 2.72. The zero-order valence-corrected chi connectivity index (χ0v) is 8.70. The number of methoxy groups -OCH3 is 1. The molecular formula is C9H16O6. The van der Waals surface area contributed by atoms with E-state index in [4.69, 9.17) is 18.9 Å². The van der Waals surface area contributed by atoms with Gasteiger partial charge in [-0.05, 0) is 6.92 Å². The third kappa shape index (κ3) is 2.01. The van der Waals surface area contributed by atoms with Crippen LogP contribution in [0.5, 0.6) is 0 Å². The molecule has 88 valence electrons. The fourth-order valence-electron chi connectivity index (χ4n) is 1.89. The number of rotatable bonds is 1. The van der Waals surface area contributed by atoms with Gasteiger partial charge in [0.15, 0.2) is 12.6 Å². The van der Waals surface area contributed by atoms with Crippen LogP contribution in [0.1, 0.15) is 6.92 Å². The highest BCUT2D eigenvalue weighted by Gasteiger charge is 2.48. The molecular weight excluding hydrogens is 204 g/mol. The minimum atomic E-state index is -1.10. The van der Waals surface area contributed by atoms with Crippen LogP contribution in [0.2, 0.25) is 0 Å². The molecule has 15 heavy (non-hydrogen) atoms. The van der Waals surface area contributed by atoms with Gasteiger partial charge in [-0.3, -0.25) is 0 Å². The molecule has 0 aliphatic carbocycles. The highest BCUT2D eigenvalue weighted by atomic mass is 16.7. The van der Waals surface area contributed by atoms with E-state index in [0.717, 1.165) is 0 Å². The number of hydrogen-bond donors (Lipinski definition) is 2. The first-order chi connectivity index (χ1) is 7.13. The lowest BCUT2D eigenvalue weighted by molar-refractivity contribution is -0.352. The van der Waals surface area contributed by atoms with E-state index >= 15 is 0 Å². The molecule has 2 heterocycles. The summed E-state index contributed by atoms with van der Waals surface area (Å²) in [6.07, 6.45) is -4.29. The molecule has 0 spiro atoms. The zero-order valence-electron chi connectivity index (χ0n) is 8.70. The highest BCUT2D eigenvalue weighted by molar-refractivity contribution is 4.91. The molecule has 0 amide bonds. The lowest BCUT2D eigenvalue weighted by Gasteiger charge is -2.45. The Bertz CT molecular complexity index is 221. The van der Waals surface area contributed by atoms with Gasteiger partial charge >= 0.3 is 0 Å². The molecule has 0 bridgehead atoms. The normalized spacial score (nSPS) is 51.2. The summed E-state index contributed by atoms with van der Waals surface area (Å²) in [5, 5.41) is 19.4. The van der Waals surface area contributed by atoms with Crippen LogP contribution in [0.15, 0.2) is 0 Å². The molecule has 2 rings (SSSR count). The second-order valence-corrected chi connectivity index (χ2v) is 3.76. The van der Waals surface area contributed by atoms with E-state index in [0.29, 0.717) is 6.61 Å². The summed E-state index contributed by atoms with van der Waals surface area (Å²) in [5.41, 5.74) is 0. The van der Waals surface area contributed by atoms with Gasteiger partial charge in [0, 0.05) is 7.11 Å². The minimum Gasteiger partial charge on any atom is -0.387 e. The molecule has 2 aliphatic rings. The molecule has 0 radical (unpaired) electrons. The van der Waals surface area contributed by atoms with Crippen molar-refractivity contribution in [3.8, 4) is 0 Å². The highest BCUT2D eigenvalue weighted by Crippen LogP contribution is 2.28. The van der Waals surface area contributed by atoms with Gasteiger partial charge in [-0.25, -0.2) is 0 Å². The van der Waals surface area contributed by atoms with Crippen LogP contribution < -0.4 is 0 Å². The van der Waals surface area contributed by atoms with Crippen molar-refractivity contribution < 1.29 is 29.2 Å². The summed E-state index contributed by atoms with van der Waals surface area (Å²) in [6, 6.07) is 0. The molecule has 0 aromatic heterocycles. The monoisotopic (exact) mass is 220 g/mol. The topological polar surface area (TPSA) is 77.4 Å². The van der Waals surface area contributed by atoms with Gasteiger partial charge < -0.3 is 29.2 Å². The van der Waals surface area contributed by atoms with Gasteiger partial charge in [-0.15, -0.1) is 0 Å². The van der Waals surface area contributed by atoms with Crippen molar-refractivity contribution >= 4 is 0 Å². The van der Waals surface area contributed by atoms with E-state index in [1.807, 2.05) is 0 Å². The third-order valence-electron chi connectivity index (χ3n) is 2.72. The molecule has 2 fully saturated rings. The van der Waals surface area contributed by atoms with Crippen molar-refractivity contribution in [2.75, 3.05) is 13.7 Å². The second-order valence-electron chi connectivity index (χ2n) is 3.76. The van der Waals surface area contributed by atoms with E-state index < -0.39 is 37.0 Å². The number of fused-ring (bicyclic) bond motifs is 1. The molecule has 6 nitrogen and oxygen atoms in total. The van der Waals surface area contributed by atoms with Gasteiger partial charge in [-0.2, -0.15) is 0 Å². The van der Waals surface area contributed by atoms with Gasteiger partial charge in [-0.1, -0.05) is 0 Å².